The number of benzene rings is 3. The van der Waals surface area contributed by atoms with Crippen LogP contribution < -0.4 is 4.74 Å². The molecule has 1 amide bonds. The van der Waals surface area contributed by atoms with Crippen LogP contribution in [0.4, 0.5) is 22.0 Å². The van der Waals surface area contributed by atoms with Gasteiger partial charge in [0.1, 0.15) is 23.2 Å². The van der Waals surface area contributed by atoms with Gasteiger partial charge in [-0.1, -0.05) is 58.0 Å². The van der Waals surface area contributed by atoms with Gasteiger partial charge in [0.05, 0.1) is 29.7 Å². The molecule has 3 aromatic carbocycles. The Morgan fingerprint density at radius 1 is 0.860 bits per heavy atom. The Kier molecular flexibility index (Phi) is 15.1. The minimum Gasteiger partial charge on any atom is -0.491 e. The van der Waals surface area contributed by atoms with Gasteiger partial charge in [-0.3, -0.25) is 9.69 Å². The van der Waals surface area contributed by atoms with Crippen molar-refractivity contribution in [3.63, 3.8) is 0 Å². The van der Waals surface area contributed by atoms with Crippen molar-refractivity contribution in [1.29, 1.82) is 0 Å². The number of carbonyl (C=O) groups is 1. The van der Waals surface area contributed by atoms with Crippen LogP contribution in [0.25, 0.3) is 0 Å². The van der Waals surface area contributed by atoms with Crippen LogP contribution in [0, 0.1) is 11.6 Å². The number of hydrogen-bond donors (Lipinski definition) is 1. The molecule has 0 radical (unpaired) electrons. The summed E-state index contributed by atoms with van der Waals surface area (Å²) in [5.41, 5.74) is -1.19. The molecule has 1 unspecified atom stereocenters. The number of halogens is 5. The van der Waals surface area contributed by atoms with E-state index in [-0.39, 0.29) is 25.2 Å². The van der Waals surface area contributed by atoms with Gasteiger partial charge in [-0.2, -0.15) is 13.2 Å². The van der Waals surface area contributed by atoms with Crippen LogP contribution in [0.2, 0.25) is 0 Å². The number of ether oxygens (including phenoxy) is 1. The fourth-order valence-electron chi connectivity index (χ4n) is 5.09. The highest BCUT2D eigenvalue weighted by atomic mass is 32.1. The SMILES string of the molecule is CCC(C)Oc1ccc(C(F)(F)F)cc1.CCN(CC)CC.O=C1N(CCO)C(c2cccs2)=NC1(c1ccc(F)cc1)c1ccc(F)cc1. The predicted molar refractivity (Wildman–Crippen MR) is 189 cm³/mol. The van der Waals surface area contributed by atoms with E-state index in [1.807, 2.05) is 31.4 Å². The van der Waals surface area contributed by atoms with Gasteiger partial charge in [-0.15, -0.1) is 11.3 Å². The minimum atomic E-state index is -4.28. The van der Waals surface area contributed by atoms with Gasteiger partial charge >= 0.3 is 6.18 Å². The summed E-state index contributed by atoms with van der Waals surface area (Å²) in [7, 11) is 0. The van der Waals surface area contributed by atoms with Crippen LogP contribution >= 0.6 is 11.3 Å². The number of rotatable bonds is 11. The van der Waals surface area contributed by atoms with Crippen molar-refractivity contribution in [1.82, 2.24) is 9.80 Å². The van der Waals surface area contributed by atoms with E-state index in [9.17, 15) is 31.9 Å². The average molecular weight is 718 g/mol. The maximum absolute atomic E-state index is 13.6. The number of amides is 1. The van der Waals surface area contributed by atoms with E-state index < -0.39 is 28.9 Å². The van der Waals surface area contributed by atoms with Gasteiger partial charge in [0.2, 0.25) is 0 Å². The summed E-state index contributed by atoms with van der Waals surface area (Å²) in [5.74, 6) is -0.334. The maximum Gasteiger partial charge on any atom is 0.416 e. The largest absolute Gasteiger partial charge is 0.491 e. The minimum absolute atomic E-state index is 0.0155. The van der Waals surface area contributed by atoms with E-state index in [1.165, 1.54) is 96.5 Å². The summed E-state index contributed by atoms with van der Waals surface area (Å²) in [6.45, 7) is 13.8. The molecule has 0 spiro atoms. The summed E-state index contributed by atoms with van der Waals surface area (Å²) in [6.07, 6.45) is -3.45. The molecule has 0 saturated heterocycles. The van der Waals surface area contributed by atoms with E-state index >= 15 is 0 Å². The highest BCUT2D eigenvalue weighted by Crippen LogP contribution is 2.42. The average Bonchev–Trinajstić information content (AvgIpc) is 3.74. The van der Waals surface area contributed by atoms with Crippen LogP contribution in [0.3, 0.4) is 0 Å². The third-order valence-electron chi connectivity index (χ3n) is 8.11. The lowest BCUT2D eigenvalue weighted by molar-refractivity contribution is -0.137. The van der Waals surface area contributed by atoms with E-state index in [0.717, 1.165) is 23.4 Å². The fraction of sp³-hybridized carbons (Fsp3) is 0.368. The Morgan fingerprint density at radius 3 is 1.76 bits per heavy atom. The molecule has 270 valence electrons. The standard InChI is InChI=1S/C21H16F2N2O2S.C11H13F3O.C6H15N/c22-16-7-3-14(4-8-16)21(15-5-9-17(23)10-6-15)20(27)25(11-12-26)19(24-21)18-2-1-13-28-18;1-3-8(2)15-10-6-4-9(5-7-10)11(12,13)14;1-4-7(5-2)6-3/h1-10,13,26H,11-12H2;4-8H,3H2,1-2H3;4-6H2,1-3H3. The summed E-state index contributed by atoms with van der Waals surface area (Å²) < 4.78 is 69.1. The second kappa shape index (κ2) is 18.7. The molecule has 0 fully saturated rings. The molecule has 1 aliphatic rings. The molecule has 1 N–H and O–H groups in total. The third kappa shape index (κ3) is 10.2. The molecule has 2 heterocycles. The molecule has 0 bridgehead atoms. The topological polar surface area (TPSA) is 65.4 Å². The van der Waals surface area contributed by atoms with E-state index in [0.29, 0.717) is 22.7 Å². The van der Waals surface area contributed by atoms with E-state index in [1.54, 1.807) is 0 Å². The number of aliphatic hydroxyl groups is 1. The van der Waals surface area contributed by atoms with Crippen LogP contribution in [0.5, 0.6) is 5.75 Å². The molecule has 12 heteroatoms. The van der Waals surface area contributed by atoms with Crippen molar-refractivity contribution in [3.8, 4) is 5.75 Å². The first-order valence-corrected chi connectivity index (χ1v) is 17.4. The summed E-state index contributed by atoms with van der Waals surface area (Å²) >= 11 is 1.42. The van der Waals surface area contributed by atoms with Crippen molar-refractivity contribution in [2.24, 2.45) is 4.99 Å². The zero-order chi connectivity index (χ0) is 36.9. The molecule has 50 heavy (non-hydrogen) atoms. The van der Waals surface area contributed by atoms with Crippen LogP contribution in [-0.4, -0.2) is 65.5 Å². The highest BCUT2D eigenvalue weighted by Gasteiger charge is 2.51. The van der Waals surface area contributed by atoms with Crippen molar-refractivity contribution >= 4 is 23.1 Å². The Labute approximate surface area is 294 Å². The van der Waals surface area contributed by atoms with Crippen molar-refractivity contribution in [2.75, 3.05) is 32.8 Å². The lowest BCUT2D eigenvalue weighted by Gasteiger charge is -2.27. The number of β-amino-alcohol motifs (C(OH)–C–C–N with tert-alkyl or cyclic N) is 1. The van der Waals surface area contributed by atoms with Crippen molar-refractivity contribution < 1.29 is 36.6 Å². The number of carbonyl (C=O) groups excluding carboxylic acids is 1. The van der Waals surface area contributed by atoms with Gasteiger partial charge in [-0.05, 0) is 104 Å². The normalized spacial score (nSPS) is 14.4. The third-order valence-corrected chi connectivity index (χ3v) is 8.97. The number of thiophene rings is 1. The summed E-state index contributed by atoms with van der Waals surface area (Å²) in [6, 6.07) is 19.5. The second-order valence-corrected chi connectivity index (χ2v) is 12.2. The molecular formula is C38H44F5N3O3S. The zero-order valence-corrected chi connectivity index (χ0v) is 29.7. The molecule has 6 nitrogen and oxygen atoms in total. The molecule has 0 saturated carbocycles. The van der Waals surface area contributed by atoms with Gasteiger partial charge in [-0.25, -0.2) is 13.8 Å². The number of aliphatic hydroxyl groups excluding tert-OH is 1. The number of aliphatic imine (C=N–C) groups is 1. The first-order valence-electron chi connectivity index (χ1n) is 16.5. The van der Waals surface area contributed by atoms with Crippen molar-refractivity contribution in [3.05, 3.63) is 124 Å². The Morgan fingerprint density at radius 2 is 1.38 bits per heavy atom. The molecular weight excluding hydrogens is 673 g/mol. The number of amidine groups is 1. The monoisotopic (exact) mass is 717 g/mol. The Bertz CT molecular complexity index is 1570. The molecule has 4 aromatic rings. The molecule has 1 atom stereocenters. The van der Waals surface area contributed by atoms with E-state index in [2.05, 4.69) is 25.7 Å². The predicted octanol–water partition coefficient (Wildman–Crippen LogP) is 8.78. The molecule has 0 aliphatic carbocycles. The van der Waals surface area contributed by atoms with Gasteiger partial charge in [0, 0.05) is 0 Å². The number of hydrogen-bond acceptors (Lipinski definition) is 6. The molecule has 5 rings (SSSR count). The van der Waals surface area contributed by atoms with Gasteiger partial charge < -0.3 is 14.7 Å². The van der Waals surface area contributed by atoms with Gasteiger partial charge in [0.15, 0.2) is 5.54 Å². The maximum atomic E-state index is 13.6. The summed E-state index contributed by atoms with van der Waals surface area (Å²) in [4.78, 5) is 23.0. The Hall–Kier alpha value is -4.13. The first kappa shape index (κ1) is 40.3. The Balaban J connectivity index is 0.000000257. The lowest BCUT2D eigenvalue weighted by atomic mass is 9.83. The van der Waals surface area contributed by atoms with Crippen LogP contribution in [0.1, 0.15) is 62.6 Å². The quantitative estimate of drug-likeness (QED) is 0.158. The van der Waals surface area contributed by atoms with Crippen molar-refractivity contribution in [2.45, 2.75) is 58.9 Å². The fourth-order valence-corrected chi connectivity index (χ4v) is 5.82. The molecule has 1 aliphatic heterocycles. The zero-order valence-electron chi connectivity index (χ0n) is 28.9. The van der Waals surface area contributed by atoms with Crippen LogP contribution in [-0.2, 0) is 16.5 Å². The number of nitrogens with zero attached hydrogens (tertiary/aromatic N) is 3. The number of alkyl halides is 3. The molecule has 1 aromatic heterocycles. The summed E-state index contributed by atoms with van der Waals surface area (Å²) in [5, 5.41) is 11.4. The van der Waals surface area contributed by atoms with E-state index in [4.69, 9.17) is 9.73 Å². The van der Waals surface area contributed by atoms with Crippen LogP contribution in [0.15, 0.2) is 95.3 Å². The first-order chi connectivity index (χ1) is 23.8. The highest BCUT2D eigenvalue weighted by molar-refractivity contribution is 7.12. The van der Waals surface area contributed by atoms with Gasteiger partial charge in [0.25, 0.3) is 5.91 Å². The lowest BCUT2D eigenvalue weighted by Crippen LogP contribution is -2.43. The second-order valence-electron chi connectivity index (χ2n) is 11.3. The smallest absolute Gasteiger partial charge is 0.416 e.